The SMILES string of the molecule is CCN(C[C@@H](CCN1CCC(c2ccccc2)CC1)c1ccc(C)c(Cl)c1)S(=O)(=O)c1ccccc1. The number of rotatable bonds is 10. The van der Waals surface area contributed by atoms with Crippen LogP contribution in [-0.2, 0) is 10.0 Å². The van der Waals surface area contributed by atoms with E-state index in [1.165, 1.54) is 5.56 Å². The standard InChI is InChI=1S/C30H37ClN2O2S/c1-3-33(36(34,35)29-12-8-5-9-13-29)23-28(27-15-14-24(2)30(31)22-27)18-21-32-19-16-26(17-20-32)25-10-6-4-7-11-25/h4-15,22,26,28H,3,16-21,23H2,1-2H3/t28-/m1/s1. The monoisotopic (exact) mass is 524 g/mol. The van der Waals surface area contributed by atoms with E-state index in [-0.39, 0.29) is 5.92 Å². The Labute approximate surface area is 222 Å². The third-order valence-corrected chi connectivity index (χ3v) is 9.84. The summed E-state index contributed by atoms with van der Waals surface area (Å²) >= 11 is 6.49. The second-order valence-electron chi connectivity index (χ2n) is 9.79. The highest BCUT2D eigenvalue weighted by Crippen LogP contribution is 2.31. The quantitative estimate of drug-likeness (QED) is 0.296. The lowest BCUT2D eigenvalue weighted by atomic mass is 9.89. The Balaban J connectivity index is 1.47. The summed E-state index contributed by atoms with van der Waals surface area (Å²) in [7, 11) is -3.57. The predicted molar refractivity (Wildman–Crippen MR) is 149 cm³/mol. The molecule has 4 rings (SSSR count). The van der Waals surface area contributed by atoms with Gasteiger partial charge in [-0.2, -0.15) is 4.31 Å². The first-order valence-corrected chi connectivity index (χ1v) is 14.8. The number of piperidine rings is 1. The van der Waals surface area contributed by atoms with Gasteiger partial charge in [-0.1, -0.05) is 79.2 Å². The maximum absolute atomic E-state index is 13.4. The van der Waals surface area contributed by atoms with Gasteiger partial charge in [0.05, 0.1) is 4.90 Å². The number of halogens is 1. The van der Waals surface area contributed by atoms with Gasteiger partial charge < -0.3 is 4.90 Å². The molecule has 1 atom stereocenters. The molecule has 0 saturated carbocycles. The van der Waals surface area contributed by atoms with Crippen LogP contribution in [0.5, 0.6) is 0 Å². The molecule has 0 radical (unpaired) electrons. The van der Waals surface area contributed by atoms with Gasteiger partial charge in [-0.15, -0.1) is 0 Å². The topological polar surface area (TPSA) is 40.6 Å². The Bertz CT molecular complexity index is 1210. The Morgan fingerprint density at radius 1 is 0.972 bits per heavy atom. The number of aryl methyl sites for hydroxylation is 1. The molecule has 192 valence electrons. The second kappa shape index (κ2) is 12.4. The Morgan fingerprint density at radius 3 is 2.22 bits per heavy atom. The summed E-state index contributed by atoms with van der Waals surface area (Å²) in [6.45, 7) is 7.86. The van der Waals surface area contributed by atoms with Crippen molar-refractivity contribution in [2.24, 2.45) is 0 Å². The first kappa shape index (κ1) is 26.9. The molecule has 1 aliphatic rings. The maximum Gasteiger partial charge on any atom is 0.243 e. The molecule has 6 heteroatoms. The predicted octanol–water partition coefficient (Wildman–Crippen LogP) is 6.71. The van der Waals surface area contributed by atoms with E-state index in [1.54, 1.807) is 28.6 Å². The number of sulfonamides is 1. The van der Waals surface area contributed by atoms with Crippen molar-refractivity contribution in [3.05, 3.63) is 101 Å². The zero-order valence-corrected chi connectivity index (χ0v) is 22.9. The van der Waals surface area contributed by atoms with Crippen molar-refractivity contribution in [3.8, 4) is 0 Å². The lowest BCUT2D eigenvalue weighted by Crippen LogP contribution is -2.37. The van der Waals surface area contributed by atoms with Gasteiger partial charge in [0.25, 0.3) is 0 Å². The number of hydrogen-bond donors (Lipinski definition) is 0. The van der Waals surface area contributed by atoms with Crippen LogP contribution >= 0.6 is 11.6 Å². The average molecular weight is 525 g/mol. The summed E-state index contributed by atoms with van der Waals surface area (Å²) in [5, 5.41) is 0.732. The molecule has 3 aromatic rings. The molecule has 0 aromatic heterocycles. The van der Waals surface area contributed by atoms with Gasteiger partial charge in [0.15, 0.2) is 0 Å². The normalized spacial score (nSPS) is 16.3. The van der Waals surface area contributed by atoms with Gasteiger partial charge in [-0.25, -0.2) is 8.42 Å². The van der Waals surface area contributed by atoms with Crippen LogP contribution in [0.25, 0.3) is 0 Å². The lowest BCUT2D eigenvalue weighted by Gasteiger charge is -2.34. The molecule has 36 heavy (non-hydrogen) atoms. The molecule has 1 fully saturated rings. The third kappa shape index (κ3) is 6.57. The van der Waals surface area contributed by atoms with Crippen molar-refractivity contribution in [2.75, 3.05) is 32.7 Å². The van der Waals surface area contributed by atoms with Gasteiger partial charge in [0.1, 0.15) is 0 Å². The van der Waals surface area contributed by atoms with Crippen LogP contribution in [0, 0.1) is 6.92 Å². The molecule has 1 saturated heterocycles. The van der Waals surface area contributed by atoms with E-state index >= 15 is 0 Å². The number of likely N-dealkylation sites (tertiary alicyclic amines) is 1. The van der Waals surface area contributed by atoms with Crippen LogP contribution in [0.2, 0.25) is 5.02 Å². The molecule has 0 amide bonds. The zero-order valence-electron chi connectivity index (χ0n) is 21.3. The minimum Gasteiger partial charge on any atom is -0.303 e. The largest absolute Gasteiger partial charge is 0.303 e. The van der Waals surface area contributed by atoms with Crippen LogP contribution in [0.4, 0.5) is 0 Å². The van der Waals surface area contributed by atoms with Crippen LogP contribution in [0.15, 0.2) is 83.8 Å². The molecule has 0 N–H and O–H groups in total. The van der Waals surface area contributed by atoms with Crippen molar-refractivity contribution in [1.29, 1.82) is 0 Å². The van der Waals surface area contributed by atoms with Crippen molar-refractivity contribution in [1.82, 2.24) is 9.21 Å². The Hall–Kier alpha value is -2.18. The fourth-order valence-corrected chi connectivity index (χ4v) is 6.87. The van der Waals surface area contributed by atoms with Crippen molar-refractivity contribution in [3.63, 3.8) is 0 Å². The smallest absolute Gasteiger partial charge is 0.243 e. The number of nitrogens with zero attached hydrogens (tertiary/aromatic N) is 2. The molecule has 0 aliphatic carbocycles. The van der Waals surface area contributed by atoms with E-state index in [1.807, 2.05) is 32.0 Å². The van der Waals surface area contributed by atoms with Gasteiger partial charge >= 0.3 is 0 Å². The molecule has 0 unspecified atom stereocenters. The van der Waals surface area contributed by atoms with E-state index in [0.29, 0.717) is 23.9 Å². The van der Waals surface area contributed by atoms with Crippen molar-refractivity contribution >= 4 is 21.6 Å². The fourth-order valence-electron chi connectivity index (χ4n) is 5.16. The highest BCUT2D eigenvalue weighted by atomic mass is 35.5. The first-order chi connectivity index (χ1) is 17.4. The minimum atomic E-state index is -3.57. The third-order valence-electron chi connectivity index (χ3n) is 7.48. The molecule has 1 heterocycles. The average Bonchev–Trinajstić information content (AvgIpc) is 2.91. The van der Waals surface area contributed by atoms with Crippen LogP contribution in [0.3, 0.4) is 0 Å². The molecule has 4 nitrogen and oxygen atoms in total. The second-order valence-corrected chi connectivity index (χ2v) is 12.1. The van der Waals surface area contributed by atoms with Gasteiger partial charge in [-0.3, -0.25) is 0 Å². The summed E-state index contributed by atoms with van der Waals surface area (Å²) in [6, 6.07) is 25.7. The van der Waals surface area contributed by atoms with E-state index in [2.05, 4.69) is 41.3 Å². The highest BCUT2D eigenvalue weighted by molar-refractivity contribution is 7.89. The van der Waals surface area contributed by atoms with Crippen LogP contribution in [-0.4, -0.2) is 50.3 Å². The van der Waals surface area contributed by atoms with Gasteiger partial charge in [0, 0.05) is 18.1 Å². The van der Waals surface area contributed by atoms with E-state index in [0.717, 1.165) is 55.0 Å². The number of hydrogen-bond acceptors (Lipinski definition) is 3. The van der Waals surface area contributed by atoms with Gasteiger partial charge in [0.2, 0.25) is 10.0 Å². The molecule has 1 aliphatic heterocycles. The molecular formula is C30H37ClN2O2S. The zero-order chi connectivity index (χ0) is 25.5. The Morgan fingerprint density at radius 2 is 1.61 bits per heavy atom. The van der Waals surface area contributed by atoms with Crippen LogP contribution < -0.4 is 0 Å². The fraction of sp³-hybridized carbons (Fsp3) is 0.400. The molecule has 3 aromatic carbocycles. The molecule has 0 spiro atoms. The van der Waals surface area contributed by atoms with Crippen LogP contribution in [0.1, 0.15) is 54.7 Å². The summed E-state index contributed by atoms with van der Waals surface area (Å²) in [5.74, 6) is 0.689. The van der Waals surface area contributed by atoms with E-state index in [4.69, 9.17) is 11.6 Å². The summed E-state index contributed by atoms with van der Waals surface area (Å²) in [5.41, 5.74) is 3.58. The lowest BCUT2D eigenvalue weighted by molar-refractivity contribution is 0.202. The number of likely N-dealkylation sites (N-methyl/N-ethyl adjacent to an activating group) is 1. The summed E-state index contributed by atoms with van der Waals surface area (Å²) in [4.78, 5) is 2.88. The molecular weight excluding hydrogens is 488 g/mol. The number of benzene rings is 3. The van der Waals surface area contributed by atoms with Gasteiger partial charge in [-0.05, 0) is 92.5 Å². The highest BCUT2D eigenvalue weighted by Gasteiger charge is 2.28. The first-order valence-electron chi connectivity index (χ1n) is 13.0. The van der Waals surface area contributed by atoms with E-state index in [9.17, 15) is 8.42 Å². The maximum atomic E-state index is 13.4. The summed E-state index contributed by atoms with van der Waals surface area (Å²) < 4.78 is 28.4. The minimum absolute atomic E-state index is 0.0633. The Kier molecular flexibility index (Phi) is 9.24. The van der Waals surface area contributed by atoms with E-state index < -0.39 is 10.0 Å². The summed E-state index contributed by atoms with van der Waals surface area (Å²) in [6.07, 6.45) is 3.21. The van der Waals surface area contributed by atoms with Crippen molar-refractivity contribution in [2.45, 2.75) is 49.8 Å². The van der Waals surface area contributed by atoms with Crippen molar-refractivity contribution < 1.29 is 8.42 Å². The molecule has 0 bridgehead atoms.